The van der Waals surface area contributed by atoms with Crippen molar-refractivity contribution >= 4 is 40.2 Å². The highest BCUT2D eigenvalue weighted by Gasteiger charge is 2.33. The van der Waals surface area contributed by atoms with Crippen LogP contribution >= 0.6 is 11.6 Å². The normalized spacial score (nSPS) is 20.1. The van der Waals surface area contributed by atoms with Crippen molar-refractivity contribution in [1.82, 2.24) is 4.57 Å². The van der Waals surface area contributed by atoms with Crippen molar-refractivity contribution in [3.05, 3.63) is 50.7 Å². The van der Waals surface area contributed by atoms with Gasteiger partial charge in [0, 0.05) is 37.1 Å². The van der Waals surface area contributed by atoms with E-state index in [9.17, 15) is 9.59 Å². The van der Waals surface area contributed by atoms with Crippen LogP contribution in [0.15, 0.2) is 33.8 Å². The van der Waals surface area contributed by atoms with Crippen LogP contribution in [0, 0.1) is 23.1 Å². The molecule has 0 bridgehead atoms. The lowest BCUT2D eigenvalue weighted by Gasteiger charge is -2.22. The van der Waals surface area contributed by atoms with Crippen molar-refractivity contribution in [2.24, 2.45) is 10.9 Å². The topological polar surface area (TPSA) is 78.5 Å². The average Bonchev–Trinajstić information content (AvgIpc) is 3.31. The smallest absolute Gasteiger partial charge is 0.200 e. The van der Waals surface area contributed by atoms with Crippen LogP contribution in [0.25, 0.3) is 10.9 Å². The molecule has 1 unspecified atom stereocenters. The van der Waals surface area contributed by atoms with Crippen LogP contribution in [0.3, 0.4) is 0 Å². The standard InChI is InChI=1S/C21H16ClFN4O2/c22-18-19-14(5-16(23)20(18)26-8-11-6-25-7-12(11)9-26)21(29)15(17(28)3-4-24)10-27(19)13-1-2-13/h5-6,9-11,13H,1-3,7-8H2. The van der Waals surface area contributed by atoms with Crippen molar-refractivity contribution < 1.29 is 9.18 Å². The van der Waals surface area contributed by atoms with Gasteiger partial charge < -0.3 is 9.47 Å². The van der Waals surface area contributed by atoms with Crippen LogP contribution in [-0.4, -0.2) is 29.7 Å². The second-order valence-electron chi connectivity index (χ2n) is 7.64. The van der Waals surface area contributed by atoms with Crippen LogP contribution in [-0.2, 0) is 0 Å². The van der Waals surface area contributed by atoms with Gasteiger partial charge in [0.1, 0.15) is 5.82 Å². The molecule has 5 rings (SSSR count). The second-order valence-corrected chi connectivity index (χ2v) is 8.02. The highest BCUT2D eigenvalue weighted by Crippen LogP contribution is 2.43. The quantitative estimate of drug-likeness (QED) is 0.721. The molecule has 1 aromatic heterocycles. The number of aromatic nitrogens is 1. The average molecular weight is 411 g/mol. The highest BCUT2D eigenvalue weighted by atomic mass is 35.5. The summed E-state index contributed by atoms with van der Waals surface area (Å²) in [5, 5.41) is 9.06. The predicted molar refractivity (Wildman–Crippen MR) is 108 cm³/mol. The predicted octanol–water partition coefficient (Wildman–Crippen LogP) is 3.63. The van der Waals surface area contributed by atoms with Gasteiger partial charge in [-0.1, -0.05) is 11.6 Å². The minimum Gasteiger partial charge on any atom is -0.343 e. The number of ketones is 1. The van der Waals surface area contributed by atoms with E-state index in [0.717, 1.165) is 18.4 Å². The summed E-state index contributed by atoms with van der Waals surface area (Å²) in [6, 6.07) is 3.04. The SMILES string of the molecule is N#CCC(=O)c1cn(C2CC2)c2c(Cl)c(N3C=C4CN=CC4C3)c(F)cc2c1=O. The van der Waals surface area contributed by atoms with Gasteiger partial charge in [0.05, 0.1) is 46.2 Å². The molecule has 1 fully saturated rings. The van der Waals surface area contributed by atoms with Crippen LogP contribution in [0.1, 0.15) is 35.7 Å². The van der Waals surface area contributed by atoms with Gasteiger partial charge in [-0.15, -0.1) is 0 Å². The van der Waals surface area contributed by atoms with E-state index >= 15 is 4.39 Å². The van der Waals surface area contributed by atoms with E-state index in [0.29, 0.717) is 18.6 Å². The number of carbonyl (C=O) groups is 1. The van der Waals surface area contributed by atoms with Crippen molar-refractivity contribution in [3.8, 4) is 6.07 Å². The molecule has 0 saturated heterocycles. The van der Waals surface area contributed by atoms with Crippen LogP contribution < -0.4 is 10.3 Å². The summed E-state index contributed by atoms with van der Waals surface area (Å²) in [6.45, 7) is 1.15. The monoisotopic (exact) mass is 410 g/mol. The molecule has 1 atom stereocenters. The molecular weight excluding hydrogens is 395 g/mol. The van der Waals surface area contributed by atoms with Crippen molar-refractivity contribution in [2.45, 2.75) is 25.3 Å². The molecule has 6 nitrogen and oxygen atoms in total. The van der Waals surface area contributed by atoms with E-state index in [-0.39, 0.29) is 33.6 Å². The lowest BCUT2D eigenvalue weighted by atomic mass is 10.0. The van der Waals surface area contributed by atoms with Gasteiger partial charge in [-0.2, -0.15) is 5.26 Å². The minimum atomic E-state index is -0.611. The fourth-order valence-electron chi connectivity index (χ4n) is 4.12. The van der Waals surface area contributed by atoms with Gasteiger partial charge in [0.25, 0.3) is 0 Å². The molecule has 0 amide bonds. The van der Waals surface area contributed by atoms with Gasteiger partial charge in [0.2, 0.25) is 0 Å². The summed E-state index contributed by atoms with van der Waals surface area (Å²) in [5.74, 6) is -1.02. The fourth-order valence-corrected chi connectivity index (χ4v) is 4.52. The minimum absolute atomic E-state index is 0.0700. The number of fused-ring (bicyclic) bond motifs is 2. The summed E-state index contributed by atoms with van der Waals surface area (Å²) in [6.07, 6.45) is 6.60. The number of carbonyl (C=O) groups excluding carboxylic acids is 1. The van der Waals surface area contributed by atoms with E-state index < -0.39 is 23.5 Å². The molecule has 0 spiro atoms. The third kappa shape index (κ3) is 2.78. The first-order valence-electron chi connectivity index (χ1n) is 9.43. The first-order valence-corrected chi connectivity index (χ1v) is 9.81. The molecule has 2 aliphatic heterocycles. The molecule has 0 N–H and O–H groups in total. The van der Waals surface area contributed by atoms with Gasteiger partial charge in [-0.3, -0.25) is 14.6 Å². The first-order chi connectivity index (χ1) is 14.0. The summed E-state index contributed by atoms with van der Waals surface area (Å²) < 4.78 is 16.9. The zero-order valence-electron chi connectivity index (χ0n) is 15.4. The molecule has 3 aliphatic rings. The van der Waals surface area contributed by atoms with Gasteiger partial charge in [-0.05, 0) is 24.5 Å². The number of nitrogens with zero attached hydrogens (tertiary/aromatic N) is 4. The van der Waals surface area contributed by atoms with Crippen LogP contribution in [0.5, 0.6) is 0 Å². The van der Waals surface area contributed by atoms with E-state index in [1.165, 1.54) is 12.3 Å². The third-order valence-electron chi connectivity index (χ3n) is 5.70. The molecule has 8 heteroatoms. The molecule has 3 heterocycles. The van der Waals surface area contributed by atoms with Gasteiger partial charge >= 0.3 is 0 Å². The molecule has 1 aliphatic carbocycles. The Kier molecular flexibility index (Phi) is 4.07. The van der Waals surface area contributed by atoms with Crippen LogP contribution in [0.4, 0.5) is 10.1 Å². The zero-order chi connectivity index (χ0) is 20.3. The Morgan fingerprint density at radius 2 is 2.21 bits per heavy atom. The third-order valence-corrected chi connectivity index (χ3v) is 6.06. The van der Waals surface area contributed by atoms with E-state index in [1.807, 2.05) is 12.4 Å². The number of benzene rings is 1. The molecule has 1 aromatic carbocycles. The molecular formula is C21H16ClFN4O2. The molecule has 0 radical (unpaired) electrons. The second kappa shape index (κ2) is 6.53. The van der Waals surface area contributed by atoms with Gasteiger partial charge in [0.15, 0.2) is 11.2 Å². The lowest BCUT2D eigenvalue weighted by molar-refractivity contribution is 0.0996. The number of nitriles is 1. The van der Waals surface area contributed by atoms with Crippen molar-refractivity contribution in [2.75, 3.05) is 18.0 Å². The summed E-state index contributed by atoms with van der Waals surface area (Å²) in [4.78, 5) is 31.2. The van der Waals surface area contributed by atoms with Gasteiger partial charge in [-0.25, -0.2) is 4.39 Å². The summed E-state index contributed by atoms with van der Waals surface area (Å²) in [5.41, 5.74) is 1.10. The van der Waals surface area contributed by atoms with Crippen LogP contribution in [0.2, 0.25) is 5.02 Å². The number of Topliss-reactive ketones (excluding diaryl/α,β-unsaturated/α-hetero) is 1. The number of hydrogen-bond acceptors (Lipinski definition) is 5. The van der Waals surface area contributed by atoms with Crippen molar-refractivity contribution in [3.63, 3.8) is 0 Å². The fraction of sp³-hybridized carbons (Fsp3) is 0.333. The summed E-state index contributed by atoms with van der Waals surface area (Å²) in [7, 11) is 0. The van der Waals surface area contributed by atoms with E-state index in [2.05, 4.69) is 4.99 Å². The number of aliphatic imine (C=N–C) groups is 1. The number of hydrogen-bond donors (Lipinski definition) is 0. The van der Waals surface area contributed by atoms with E-state index in [4.69, 9.17) is 16.9 Å². The Hall–Kier alpha value is -2.98. The molecule has 2 aromatic rings. The maximum absolute atomic E-state index is 15.1. The number of rotatable bonds is 4. The van der Waals surface area contributed by atoms with Crippen molar-refractivity contribution in [1.29, 1.82) is 5.26 Å². The zero-order valence-corrected chi connectivity index (χ0v) is 16.1. The highest BCUT2D eigenvalue weighted by molar-refractivity contribution is 6.38. The number of pyridine rings is 1. The maximum Gasteiger partial charge on any atom is 0.200 e. The Labute approximate surface area is 170 Å². The van der Waals surface area contributed by atoms with E-state index in [1.54, 1.807) is 15.5 Å². The maximum atomic E-state index is 15.1. The Morgan fingerprint density at radius 3 is 2.90 bits per heavy atom. The summed E-state index contributed by atoms with van der Waals surface area (Å²) >= 11 is 6.68. The number of anilines is 1. The Balaban J connectivity index is 1.73. The Morgan fingerprint density at radius 1 is 1.41 bits per heavy atom. The largest absolute Gasteiger partial charge is 0.343 e. The Bertz CT molecular complexity index is 1240. The first kappa shape index (κ1) is 18.1. The molecule has 146 valence electrons. The lowest BCUT2D eigenvalue weighted by Crippen LogP contribution is -2.22. The molecule has 1 saturated carbocycles. The number of halogens is 2. The molecule has 29 heavy (non-hydrogen) atoms.